The van der Waals surface area contributed by atoms with Gasteiger partial charge >= 0.3 is 0 Å². The van der Waals surface area contributed by atoms with Crippen molar-refractivity contribution in [3.8, 4) is 11.5 Å². The number of ether oxygens (including phenoxy) is 2. The predicted octanol–water partition coefficient (Wildman–Crippen LogP) is 1.61. The molecule has 4 heteroatoms. The molecule has 90 valence electrons. The highest BCUT2D eigenvalue weighted by molar-refractivity contribution is 6.01. The molecule has 0 aromatic heterocycles. The number of hydrogen-bond acceptors (Lipinski definition) is 4. The predicted molar refractivity (Wildman–Crippen MR) is 69.5 cm³/mol. The molecule has 0 aliphatic carbocycles. The molecule has 18 heavy (non-hydrogen) atoms. The minimum Gasteiger partial charge on any atom is -0.493 e. The molecule has 3 aromatic rings. The second-order valence-electron chi connectivity index (χ2n) is 4.11. The molecule has 0 bridgehead atoms. The van der Waals surface area contributed by atoms with E-state index in [0.717, 1.165) is 10.8 Å². The average molecular weight is 242 g/mol. The Bertz CT molecular complexity index is 768. The van der Waals surface area contributed by atoms with Crippen molar-refractivity contribution in [2.24, 2.45) is 0 Å². The van der Waals surface area contributed by atoms with Crippen LogP contribution in [0.2, 0.25) is 0 Å². The van der Waals surface area contributed by atoms with Crippen molar-refractivity contribution in [2.75, 3.05) is 14.2 Å². The summed E-state index contributed by atoms with van der Waals surface area (Å²) in [6.45, 7) is 0. The first-order chi connectivity index (χ1) is 8.65. The summed E-state index contributed by atoms with van der Waals surface area (Å²) in [6, 6.07) is 7.03. The standard InChI is InChI=1S/C14H10O4/c1-17-11-5-7-3-9-10(14(16)13(9)15)4-8(7)6-12(11)18-2/h3-6H,1-2H3. The van der Waals surface area contributed by atoms with E-state index in [1.165, 1.54) is 0 Å². The van der Waals surface area contributed by atoms with Gasteiger partial charge in [-0.2, -0.15) is 0 Å². The third-order valence-corrected chi connectivity index (χ3v) is 3.17. The zero-order valence-corrected chi connectivity index (χ0v) is 9.94. The Morgan fingerprint density at radius 1 is 0.722 bits per heavy atom. The van der Waals surface area contributed by atoms with Crippen LogP contribution in [0, 0.1) is 0 Å². The summed E-state index contributed by atoms with van der Waals surface area (Å²) >= 11 is 0. The van der Waals surface area contributed by atoms with Gasteiger partial charge in [-0.25, -0.2) is 0 Å². The van der Waals surface area contributed by atoms with Crippen LogP contribution in [0.25, 0.3) is 21.5 Å². The number of methoxy groups -OCH3 is 2. The van der Waals surface area contributed by atoms with Crippen LogP contribution in [0.1, 0.15) is 0 Å². The van der Waals surface area contributed by atoms with E-state index in [9.17, 15) is 9.59 Å². The maximum atomic E-state index is 11.4. The third kappa shape index (κ3) is 1.26. The molecule has 0 spiro atoms. The van der Waals surface area contributed by atoms with Crippen molar-refractivity contribution >= 4 is 21.5 Å². The van der Waals surface area contributed by atoms with E-state index in [2.05, 4.69) is 0 Å². The smallest absolute Gasteiger partial charge is 0.234 e. The van der Waals surface area contributed by atoms with Crippen LogP contribution in [0.15, 0.2) is 33.9 Å². The van der Waals surface area contributed by atoms with Crippen molar-refractivity contribution in [3.63, 3.8) is 0 Å². The van der Waals surface area contributed by atoms with Gasteiger partial charge in [0.25, 0.3) is 0 Å². The molecule has 0 aliphatic rings. The maximum absolute atomic E-state index is 11.4. The summed E-state index contributed by atoms with van der Waals surface area (Å²) in [4.78, 5) is 22.7. The molecule has 0 saturated carbocycles. The molecule has 0 saturated heterocycles. The molecule has 3 rings (SSSR count). The van der Waals surface area contributed by atoms with Crippen molar-refractivity contribution in [1.29, 1.82) is 0 Å². The largest absolute Gasteiger partial charge is 0.493 e. The summed E-state index contributed by atoms with van der Waals surface area (Å²) in [6.07, 6.45) is 0. The fourth-order valence-corrected chi connectivity index (χ4v) is 2.18. The highest BCUT2D eigenvalue weighted by Crippen LogP contribution is 2.33. The highest BCUT2D eigenvalue weighted by atomic mass is 16.5. The lowest BCUT2D eigenvalue weighted by molar-refractivity contribution is 0.356. The van der Waals surface area contributed by atoms with Gasteiger partial charge in [0.2, 0.25) is 10.9 Å². The van der Waals surface area contributed by atoms with Crippen LogP contribution in [-0.4, -0.2) is 14.2 Å². The van der Waals surface area contributed by atoms with Crippen LogP contribution < -0.4 is 20.3 Å². The summed E-state index contributed by atoms with van der Waals surface area (Å²) in [7, 11) is 3.11. The Kier molecular flexibility index (Phi) is 2.13. The molecule has 0 atom stereocenters. The lowest BCUT2D eigenvalue weighted by atomic mass is 9.99. The van der Waals surface area contributed by atoms with Crippen molar-refractivity contribution < 1.29 is 9.47 Å². The molecular weight excluding hydrogens is 232 g/mol. The Morgan fingerprint density at radius 2 is 1.11 bits per heavy atom. The van der Waals surface area contributed by atoms with Crippen LogP contribution in [-0.2, 0) is 0 Å². The zero-order chi connectivity index (χ0) is 12.9. The van der Waals surface area contributed by atoms with Crippen molar-refractivity contribution in [3.05, 3.63) is 44.7 Å². The summed E-state index contributed by atoms with van der Waals surface area (Å²) in [5.41, 5.74) is -0.830. The van der Waals surface area contributed by atoms with Gasteiger partial charge in [0.1, 0.15) is 0 Å². The molecule has 0 radical (unpaired) electrons. The lowest BCUT2D eigenvalue weighted by Crippen LogP contribution is -2.30. The van der Waals surface area contributed by atoms with Crippen LogP contribution >= 0.6 is 0 Å². The van der Waals surface area contributed by atoms with Gasteiger partial charge in [-0.05, 0) is 35.0 Å². The van der Waals surface area contributed by atoms with Crippen molar-refractivity contribution in [1.82, 2.24) is 0 Å². The normalized spacial score (nSPS) is 11.2. The first kappa shape index (κ1) is 10.8. The first-order valence-electron chi connectivity index (χ1n) is 5.44. The zero-order valence-electron chi connectivity index (χ0n) is 9.94. The Balaban J connectivity index is 2.40. The fraction of sp³-hybridized carbons (Fsp3) is 0.143. The van der Waals surface area contributed by atoms with Crippen molar-refractivity contribution in [2.45, 2.75) is 0 Å². The fourth-order valence-electron chi connectivity index (χ4n) is 2.18. The van der Waals surface area contributed by atoms with E-state index < -0.39 is 10.9 Å². The average Bonchev–Trinajstić information content (AvgIpc) is 2.43. The molecule has 4 nitrogen and oxygen atoms in total. The van der Waals surface area contributed by atoms with E-state index >= 15 is 0 Å². The van der Waals surface area contributed by atoms with E-state index in [1.54, 1.807) is 38.5 Å². The Morgan fingerprint density at radius 3 is 1.44 bits per heavy atom. The molecule has 0 N–H and O–H groups in total. The molecule has 0 fully saturated rings. The first-order valence-corrected chi connectivity index (χ1v) is 5.44. The SMILES string of the molecule is COc1cc2cc3c(=O)c(=O)c3cc2cc1OC. The minimum absolute atomic E-state index is 0.415. The van der Waals surface area contributed by atoms with Gasteiger partial charge in [-0.1, -0.05) is 0 Å². The quantitative estimate of drug-likeness (QED) is 0.640. The topological polar surface area (TPSA) is 52.6 Å². The van der Waals surface area contributed by atoms with Crippen LogP contribution in [0.3, 0.4) is 0 Å². The Hall–Kier alpha value is -2.36. The molecule has 0 unspecified atom stereocenters. The number of fused-ring (bicyclic) bond motifs is 2. The number of hydrogen-bond donors (Lipinski definition) is 0. The molecule has 0 heterocycles. The Labute approximate surface area is 102 Å². The lowest BCUT2D eigenvalue weighted by Gasteiger charge is -2.10. The third-order valence-electron chi connectivity index (χ3n) is 3.17. The summed E-state index contributed by atoms with van der Waals surface area (Å²) in [5.74, 6) is 1.20. The van der Waals surface area contributed by atoms with Gasteiger partial charge in [-0.15, -0.1) is 0 Å². The van der Waals surface area contributed by atoms with Crippen LogP contribution in [0.4, 0.5) is 0 Å². The molecule has 3 aromatic carbocycles. The van der Waals surface area contributed by atoms with Gasteiger partial charge in [0.05, 0.1) is 14.2 Å². The molecule has 0 aliphatic heterocycles. The van der Waals surface area contributed by atoms with Gasteiger partial charge < -0.3 is 9.47 Å². The number of benzene rings is 2. The second-order valence-corrected chi connectivity index (χ2v) is 4.11. The van der Waals surface area contributed by atoms with E-state index in [-0.39, 0.29) is 0 Å². The maximum Gasteiger partial charge on any atom is 0.234 e. The van der Waals surface area contributed by atoms with Gasteiger partial charge in [-0.3, -0.25) is 9.59 Å². The summed E-state index contributed by atoms with van der Waals surface area (Å²) in [5, 5.41) is 2.68. The monoisotopic (exact) mass is 242 g/mol. The van der Waals surface area contributed by atoms with E-state index in [0.29, 0.717) is 22.3 Å². The summed E-state index contributed by atoms with van der Waals surface area (Å²) < 4.78 is 10.4. The van der Waals surface area contributed by atoms with Gasteiger partial charge in [0, 0.05) is 10.8 Å². The molecular formula is C14H10O4. The van der Waals surface area contributed by atoms with E-state index in [4.69, 9.17) is 9.47 Å². The highest BCUT2D eigenvalue weighted by Gasteiger charge is 2.14. The number of rotatable bonds is 2. The minimum atomic E-state index is -0.415. The van der Waals surface area contributed by atoms with Crippen LogP contribution in [0.5, 0.6) is 11.5 Å². The van der Waals surface area contributed by atoms with Gasteiger partial charge in [0.15, 0.2) is 11.5 Å². The van der Waals surface area contributed by atoms with E-state index in [1.807, 2.05) is 0 Å². The second kappa shape index (κ2) is 3.57. The molecule has 0 amide bonds.